The second-order valence-electron chi connectivity index (χ2n) is 4.26. The van der Waals surface area contributed by atoms with Crippen LogP contribution in [0, 0.1) is 5.92 Å². The molecule has 0 saturated carbocycles. The van der Waals surface area contributed by atoms with Crippen LogP contribution in [0.5, 0.6) is 0 Å². The van der Waals surface area contributed by atoms with Gasteiger partial charge in [-0.15, -0.1) is 0 Å². The molecule has 0 aromatic rings. The largest absolute Gasteiger partial charge is 0.501 e. The topological polar surface area (TPSA) is 55.4 Å². The molecule has 0 spiro atoms. The molecular formula is C12H21NO3S. The molecule has 1 N–H and O–H groups in total. The third kappa shape index (κ3) is 3.85. The van der Waals surface area contributed by atoms with Crippen molar-refractivity contribution in [1.82, 2.24) is 4.72 Å². The standard InChI is InChI=1S/C12H21NO3S/c1-4-5-8-13-17(14,15)12-7-6-11(16-3)9-10(12)2/h6-7,10,13H,4-5,8-9H2,1-3H3. The first-order chi connectivity index (χ1) is 8.01. The summed E-state index contributed by atoms with van der Waals surface area (Å²) < 4.78 is 31.8. The van der Waals surface area contributed by atoms with E-state index in [1.165, 1.54) is 0 Å². The van der Waals surface area contributed by atoms with Gasteiger partial charge in [0.1, 0.15) is 0 Å². The molecule has 0 fully saturated rings. The summed E-state index contributed by atoms with van der Waals surface area (Å²) in [6.45, 7) is 4.44. The highest BCUT2D eigenvalue weighted by atomic mass is 32.2. The van der Waals surface area contributed by atoms with Gasteiger partial charge < -0.3 is 4.74 Å². The summed E-state index contributed by atoms with van der Waals surface area (Å²) in [5.74, 6) is 0.791. The molecule has 1 aliphatic carbocycles. The number of sulfonamides is 1. The van der Waals surface area contributed by atoms with E-state index in [9.17, 15) is 8.42 Å². The summed E-state index contributed by atoms with van der Waals surface area (Å²) in [7, 11) is -1.72. The zero-order valence-corrected chi connectivity index (χ0v) is 11.5. The summed E-state index contributed by atoms with van der Waals surface area (Å²) in [4.78, 5) is 0.453. The zero-order valence-electron chi connectivity index (χ0n) is 10.7. The maximum absolute atomic E-state index is 12.0. The molecule has 0 radical (unpaired) electrons. The summed E-state index contributed by atoms with van der Waals surface area (Å²) >= 11 is 0. The summed E-state index contributed by atoms with van der Waals surface area (Å²) in [6, 6.07) is 0. The van der Waals surface area contributed by atoms with Crippen LogP contribution in [-0.4, -0.2) is 22.1 Å². The molecule has 1 aliphatic rings. The predicted molar refractivity (Wildman–Crippen MR) is 68.8 cm³/mol. The van der Waals surface area contributed by atoms with Gasteiger partial charge in [0.15, 0.2) is 0 Å². The van der Waals surface area contributed by atoms with Gasteiger partial charge in [-0.05, 0) is 18.6 Å². The molecule has 0 aromatic carbocycles. The Morgan fingerprint density at radius 1 is 1.47 bits per heavy atom. The number of hydrogen-bond donors (Lipinski definition) is 1. The van der Waals surface area contributed by atoms with Gasteiger partial charge >= 0.3 is 0 Å². The minimum Gasteiger partial charge on any atom is -0.501 e. The van der Waals surface area contributed by atoms with E-state index in [1.807, 2.05) is 13.8 Å². The molecule has 0 bridgehead atoms. The molecule has 98 valence electrons. The molecule has 1 atom stereocenters. The normalized spacial score (nSPS) is 20.8. The number of methoxy groups -OCH3 is 1. The third-order valence-electron chi connectivity index (χ3n) is 2.82. The highest BCUT2D eigenvalue weighted by Crippen LogP contribution is 2.28. The molecule has 0 saturated heterocycles. The number of nitrogens with one attached hydrogen (secondary N) is 1. The first kappa shape index (κ1) is 14.3. The van der Waals surface area contributed by atoms with E-state index in [0.717, 1.165) is 18.6 Å². The van der Waals surface area contributed by atoms with E-state index in [4.69, 9.17) is 4.74 Å². The van der Waals surface area contributed by atoms with Crippen molar-refractivity contribution in [3.05, 3.63) is 22.8 Å². The van der Waals surface area contributed by atoms with Crippen molar-refractivity contribution in [2.45, 2.75) is 33.1 Å². The predicted octanol–water partition coefficient (Wildman–Crippen LogP) is 2.16. The molecule has 1 unspecified atom stereocenters. The molecule has 0 heterocycles. The van der Waals surface area contributed by atoms with Crippen LogP contribution in [-0.2, 0) is 14.8 Å². The quantitative estimate of drug-likeness (QED) is 0.744. The van der Waals surface area contributed by atoms with Gasteiger partial charge in [-0.1, -0.05) is 20.3 Å². The van der Waals surface area contributed by atoms with Crippen molar-refractivity contribution >= 4 is 10.0 Å². The second-order valence-corrected chi connectivity index (χ2v) is 6.03. The van der Waals surface area contributed by atoms with Crippen LogP contribution in [0.4, 0.5) is 0 Å². The fraction of sp³-hybridized carbons (Fsp3) is 0.667. The van der Waals surface area contributed by atoms with E-state index in [-0.39, 0.29) is 5.92 Å². The Balaban J connectivity index is 2.77. The molecule has 1 rings (SSSR count). The van der Waals surface area contributed by atoms with E-state index < -0.39 is 10.0 Å². The third-order valence-corrected chi connectivity index (χ3v) is 4.56. The molecule has 5 heteroatoms. The Morgan fingerprint density at radius 3 is 2.71 bits per heavy atom. The molecular weight excluding hydrogens is 238 g/mol. The van der Waals surface area contributed by atoms with E-state index in [2.05, 4.69) is 4.72 Å². The van der Waals surface area contributed by atoms with Gasteiger partial charge in [-0.25, -0.2) is 13.1 Å². The lowest BCUT2D eigenvalue weighted by Gasteiger charge is -2.21. The van der Waals surface area contributed by atoms with Gasteiger partial charge in [-0.3, -0.25) is 0 Å². The van der Waals surface area contributed by atoms with Gasteiger partial charge in [0, 0.05) is 18.9 Å². The molecule has 0 aliphatic heterocycles. The Kier molecular flexibility index (Phi) is 5.21. The number of rotatable bonds is 6. The number of hydrogen-bond acceptors (Lipinski definition) is 3. The first-order valence-corrected chi connectivity index (χ1v) is 7.44. The molecule has 0 aromatic heterocycles. The van der Waals surface area contributed by atoms with Gasteiger partial charge in [-0.2, -0.15) is 0 Å². The van der Waals surface area contributed by atoms with Crippen LogP contribution in [0.15, 0.2) is 22.8 Å². The Bertz CT molecular complexity index is 409. The summed E-state index contributed by atoms with van der Waals surface area (Å²) in [5, 5.41) is 0. The Hall–Kier alpha value is -0.810. The summed E-state index contributed by atoms with van der Waals surface area (Å²) in [5.41, 5.74) is 0. The fourth-order valence-corrected chi connectivity index (χ4v) is 3.22. The van der Waals surface area contributed by atoms with Crippen LogP contribution in [0.25, 0.3) is 0 Å². The Morgan fingerprint density at radius 2 is 2.18 bits per heavy atom. The smallest absolute Gasteiger partial charge is 0.236 e. The average Bonchev–Trinajstić information content (AvgIpc) is 2.28. The summed E-state index contributed by atoms with van der Waals surface area (Å²) in [6.07, 6.45) is 5.84. The van der Waals surface area contributed by atoms with Gasteiger partial charge in [0.05, 0.1) is 17.8 Å². The first-order valence-electron chi connectivity index (χ1n) is 5.95. The van der Waals surface area contributed by atoms with Crippen molar-refractivity contribution in [3.8, 4) is 0 Å². The highest BCUT2D eigenvalue weighted by molar-refractivity contribution is 7.93. The van der Waals surface area contributed by atoms with Crippen molar-refractivity contribution in [2.24, 2.45) is 5.92 Å². The zero-order chi connectivity index (χ0) is 12.9. The van der Waals surface area contributed by atoms with Crippen LogP contribution in [0.3, 0.4) is 0 Å². The Labute approximate surface area is 104 Å². The lowest BCUT2D eigenvalue weighted by Crippen LogP contribution is -2.29. The van der Waals surface area contributed by atoms with Crippen LogP contribution >= 0.6 is 0 Å². The SMILES string of the molecule is CCCCNS(=O)(=O)C1=CC=C(OC)CC1C. The van der Waals surface area contributed by atoms with E-state index in [0.29, 0.717) is 17.9 Å². The van der Waals surface area contributed by atoms with Crippen LogP contribution in [0.2, 0.25) is 0 Å². The number of allylic oxidation sites excluding steroid dienone is 4. The monoisotopic (exact) mass is 259 g/mol. The van der Waals surface area contributed by atoms with Crippen molar-refractivity contribution < 1.29 is 13.2 Å². The van der Waals surface area contributed by atoms with Crippen molar-refractivity contribution in [3.63, 3.8) is 0 Å². The fourth-order valence-electron chi connectivity index (χ4n) is 1.78. The van der Waals surface area contributed by atoms with Crippen molar-refractivity contribution in [1.29, 1.82) is 0 Å². The molecule has 17 heavy (non-hydrogen) atoms. The average molecular weight is 259 g/mol. The van der Waals surface area contributed by atoms with Crippen LogP contribution in [0.1, 0.15) is 33.1 Å². The minimum absolute atomic E-state index is 0.0333. The highest BCUT2D eigenvalue weighted by Gasteiger charge is 2.25. The maximum Gasteiger partial charge on any atom is 0.236 e. The van der Waals surface area contributed by atoms with Crippen molar-refractivity contribution in [2.75, 3.05) is 13.7 Å². The van der Waals surface area contributed by atoms with E-state index >= 15 is 0 Å². The van der Waals surface area contributed by atoms with E-state index in [1.54, 1.807) is 19.3 Å². The lowest BCUT2D eigenvalue weighted by molar-refractivity contribution is 0.266. The second kappa shape index (κ2) is 6.21. The van der Waals surface area contributed by atoms with Crippen LogP contribution < -0.4 is 4.72 Å². The molecule has 0 amide bonds. The lowest BCUT2D eigenvalue weighted by atomic mass is 10.0. The molecule has 4 nitrogen and oxygen atoms in total. The number of ether oxygens (including phenoxy) is 1. The minimum atomic E-state index is -3.33. The maximum atomic E-state index is 12.0. The number of unbranched alkanes of at least 4 members (excludes halogenated alkanes) is 1. The van der Waals surface area contributed by atoms with Gasteiger partial charge in [0.25, 0.3) is 0 Å². The van der Waals surface area contributed by atoms with Gasteiger partial charge in [0.2, 0.25) is 10.0 Å².